The summed E-state index contributed by atoms with van der Waals surface area (Å²) in [6, 6.07) is 18.1. The topological polar surface area (TPSA) is 57.5 Å². The predicted octanol–water partition coefficient (Wildman–Crippen LogP) is 1.65. The van der Waals surface area contributed by atoms with Crippen LogP contribution in [0, 0.1) is 0 Å². The van der Waals surface area contributed by atoms with Gasteiger partial charge in [0.1, 0.15) is 10.6 Å². The first-order valence-electron chi connectivity index (χ1n) is 5.57. The fourth-order valence-corrected chi connectivity index (χ4v) is 4.26. The molecule has 2 aromatic carbocycles. The van der Waals surface area contributed by atoms with Crippen LogP contribution in [0.15, 0.2) is 60.7 Å². The summed E-state index contributed by atoms with van der Waals surface area (Å²) in [5, 5.41) is 10.4. The molecule has 0 unspecified atom stereocenters. The molecule has 0 spiro atoms. The molecule has 2 aromatic rings. The van der Waals surface area contributed by atoms with Crippen LogP contribution in [-0.2, 0) is 4.79 Å². The molecule has 0 aliphatic rings. The molecule has 3 nitrogen and oxygen atoms in total. The van der Waals surface area contributed by atoms with E-state index in [0.717, 1.165) is 0 Å². The molecule has 0 fully saturated rings. The van der Waals surface area contributed by atoms with Crippen LogP contribution in [0.4, 0.5) is 0 Å². The molecule has 2 N–H and O–H groups in total. The Labute approximate surface area is 106 Å². The number of carboxylic acid groups (broad SMARTS) is 1. The Kier molecular flexibility index (Phi) is 3.75. The van der Waals surface area contributed by atoms with Gasteiger partial charge in [-0.3, -0.25) is 0 Å². The first kappa shape index (κ1) is 12.7. The van der Waals surface area contributed by atoms with Crippen molar-refractivity contribution in [2.75, 3.05) is 6.16 Å². The Balaban J connectivity index is 2.51. The molecule has 0 aliphatic carbocycles. The second-order valence-corrected chi connectivity index (χ2v) is 6.88. The Morgan fingerprint density at radius 2 is 1.28 bits per heavy atom. The molecule has 4 heteroatoms. The summed E-state index contributed by atoms with van der Waals surface area (Å²) in [4.78, 5) is 21.9. The normalized spacial score (nSPS) is 11.2. The van der Waals surface area contributed by atoms with E-state index in [1.165, 1.54) is 0 Å². The summed E-state index contributed by atoms with van der Waals surface area (Å²) in [7, 11) is -2.83. The van der Waals surface area contributed by atoms with Crippen molar-refractivity contribution in [1.82, 2.24) is 0 Å². The van der Waals surface area contributed by atoms with Crippen LogP contribution in [0.1, 0.15) is 0 Å². The average molecular weight is 261 g/mol. The second-order valence-electron chi connectivity index (χ2n) is 3.99. The Morgan fingerprint density at radius 3 is 1.61 bits per heavy atom. The summed E-state index contributed by atoms with van der Waals surface area (Å²) in [6.45, 7) is 0. The third-order valence-electron chi connectivity index (χ3n) is 2.73. The highest BCUT2D eigenvalue weighted by atomic mass is 31.2. The van der Waals surface area contributed by atoms with Crippen molar-refractivity contribution in [2.45, 2.75) is 0 Å². The molecular weight excluding hydrogens is 247 g/mol. The molecule has 0 bridgehead atoms. The van der Waals surface area contributed by atoms with Gasteiger partial charge in [-0.25, -0.2) is 9.69 Å². The number of benzene rings is 2. The summed E-state index contributed by atoms with van der Waals surface area (Å²) >= 11 is 0. The van der Waals surface area contributed by atoms with Crippen LogP contribution >= 0.6 is 7.49 Å². The molecule has 0 heterocycles. The molecule has 0 saturated carbocycles. The van der Waals surface area contributed by atoms with E-state index in [0.29, 0.717) is 10.6 Å². The van der Waals surface area contributed by atoms with Gasteiger partial charge in [0, 0.05) is 0 Å². The molecule has 18 heavy (non-hydrogen) atoms. The van der Waals surface area contributed by atoms with E-state index in [2.05, 4.69) is 0 Å². The van der Waals surface area contributed by atoms with Gasteiger partial charge < -0.3 is 5.11 Å². The highest BCUT2D eigenvalue weighted by Crippen LogP contribution is 2.51. The molecular formula is C14H14O3P+. The van der Waals surface area contributed by atoms with Crippen LogP contribution in [-0.4, -0.2) is 22.1 Å². The fraction of sp³-hybridized carbons (Fsp3) is 0.0714. The van der Waals surface area contributed by atoms with E-state index in [4.69, 9.17) is 5.11 Å². The van der Waals surface area contributed by atoms with Crippen LogP contribution in [0.3, 0.4) is 0 Å². The smallest absolute Gasteiger partial charge is 0.345 e. The van der Waals surface area contributed by atoms with Crippen molar-refractivity contribution in [3.8, 4) is 0 Å². The monoisotopic (exact) mass is 261 g/mol. The molecule has 0 aromatic heterocycles. The highest BCUT2D eigenvalue weighted by Gasteiger charge is 2.43. The minimum atomic E-state index is -2.83. The summed E-state index contributed by atoms with van der Waals surface area (Å²) < 4.78 is 0. The van der Waals surface area contributed by atoms with Crippen LogP contribution < -0.4 is 10.6 Å². The number of hydrogen-bond donors (Lipinski definition) is 2. The lowest BCUT2D eigenvalue weighted by atomic mass is 10.4. The lowest BCUT2D eigenvalue weighted by Gasteiger charge is -2.17. The van der Waals surface area contributed by atoms with E-state index in [-0.39, 0.29) is 6.16 Å². The van der Waals surface area contributed by atoms with Gasteiger partial charge in [0.2, 0.25) is 7.49 Å². The summed E-state index contributed by atoms with van der Waals surface area (Å²) in [5.41, 5.74) is 0. The molecule has 0 saturated heterocycles. The minimum Gasteiger partial charge on any atom is -0.478 e. The van der Waals surface area contributed by atoms with Crippen molar-refractivity contribution < 1.29 is 14.8 Å². The SMILES string of the molecule is O=C(O)C[P+](O)(c1ccccc1)c1ccccc1. The van der Waals surface area contributed by atoms with E-state index in [1.54, 1.807) is 24.3 Å². The lowest BCUT2D eigenvalue weighted by Crippen LogP contribution is -2.27. The number of carboxylic acids is 1. The second kappa shape index (κ2) is 5.30. The zero-order valence-electron chi connectivity index (χ0n) is 9.73. The van der Waals surface area contributed by atoms with Gasteiger partial charge in [-0.15, -0.1) is 0 Å². The van der Waals surface area contributed by atoms with Crippen molar-refractivity contribution in [1.29, 1.82) is 0 Å². The molecule has 0 atom stereocenters. The zero-order valence-corrected chi connectivity index (χ0v) is 10.6. The maximum absolute atomic E-state index is 11.0. The van der Waals surface area contributed by atoms with E-state index >= 15 is 0 Å². The van der Waals surface area contributed by atoms with Crippen molar-refractivity contribution in [3.05, 3.63) is 60.7 Å². The Hall–Kier alpha value is -1.70. The maximum Gasteiger partial charge on any atom is 0.345 e. The van der Waals surface area contributed by atoms with Crippen LogP contribution in [0.2, 0.25) is 0 Å². The van der Waals surface area contributed by atoms with Crippen molar-refractivity contribution in [2.24, 2.45) is 0 Å². The maximum atomic E-state index is 11.0. The van der Waals surface area contributed by atoms with Gasteiger partial charge in [-0.05, 0) is 24.3 Å². The van der Waals surface area contributed by atoms with Crippen LogP contribution in [0.25, 0.3) is 0 Å². The van der Waals surface area contributed by atoms with Crippen molar-refractivity contribution in [3.63, 3.8) is 0 Å². The fourth-order valence-electron chi connectivity index (χ4n) is 1.88. The first-order valence-corrected chi connectivity index (χ1v) is 7.49. The summed E-state index contributed by atoms with van der Waals surface area (Å²) in [6.07, 6.45) is -0.249. The van der Waals surface area contributed by atoms with Crippen LogP contribution in [0.5, 0.6) is 0 Å². The predicted molar refractivity (Wildman–Crippen MR) is 73.8 cm³/mol. The molecule has 0 radical (unpaired) electrons. The lowest BCUT2D eigenvalue weighted by molar-refractivity contribution is -0.134. The molecule has 0 aliphatic heterocycles. The molecule has 2 rings (SSSR count). The van der Waals surface area contributed by atoms with Gasteiger partial charge in [-0.2, -0.15) is 0 Å². The first-order chi connectivity index (χ1) is 8.63. The Morgan fingerprint density at radius 1 is 0.889 bits per heavy atom. The zero-order chi connectivity index (χ0) is 13.0. The Bertz CT molecular complexity index is 486. The number of hydrogen-bond acceptors (Lipinski definition) is 2. The third kappa shape index (κ3) is 2.58. The van der Waals surface area contributed by atoms with E-state index < -0.39 is 13.5 Å². The van der Waals surface area contributed by atoms with Gasteiger partial charge in [0.15, 0.2) is 6.16 Å². The van der Waals surface area contributed by atoms with Gasteiger partial charge >= 0.3 is 5.97 Å². The quantitative estimate of drug-likeness (QED) is 0.823. The number of rotatable bonds is 4. The van der Waals surface area contributed by atoms with Gasteiger partial charge in [-0.1, -0.05) is 36.4 Å². The number of carbonyl (C=O) groups is 1. The largest absolute Gasteiger partial charge is 0.478 e. The van der Waals surface area contributed by atoms with E-state index in [9.17, 15) is 9.69 Å². The standard InChI is InChI=1S/C14H13O3P/c15-14(16)11-18(17,12-7-3-1-4-8-12)13-9-5-2-6-10-13/h1-10,17H,11H2/p+1. The summed E-state index contributed by atoms with van der Waals surface area (Å²) in [5.74, 6) is -0.987. The van der Waals surface area contributed by atoms with Crippen molar-refractivity contribution >= 4 is 24.1 Å². The number of aliphatic carboxylic acids is 1. The highest BCUT2D eigenvalue weighted by molar-refractivity contribution is 7.85. The van der Waals surface area contributed by atoms with Gasteiger partial charge in [0.05, 0.1) is 0 Å². The average Bonchev–Trinajstić information content (AvgIpc) is 2.40. The van der Waals surface area contributed by atoms with Gasteiger partial charge in [0.25, 0.3) is 0 Å². The molecule has 92 valence electrons. The third-order valence-corrected chi connectivity index (χ3v) is 5.76. The molecule has 0 amide bonds. The van der Waals surface area contributed by atoms with E-state index in [1.807, 2.05) is 36.4 Å². The minimum absolute atomic E-state index is 0.249.